The minimum Gasteiger partial charge on any atom is -0.543 e. The van der Waals surface area contributed by atoms with Crippen LogP contribution in [0.3, 0.4) is 0 Å². The van der Waals surface area contributed by atoms with Crippen molar-refractivity contribution in [1.29, 1.82) is 0 Å². The van der Waals surface area contributed by atoms with Gasteiger partial charge in [0.25, 0.3) is 0 Å². The number of hydrogen-bond donors (Lipinski definition) is 0. The Balaban J connectivity index is 1.89. The van der Waals surface area contributed by atoms with Crippen LogP contribution < -0.4 is 9.84 Å². The van der Waals surface area contributed by atoms with Gasteiger partial charge in [-0.05, 0) is 24.3 Å². The van der Waals surface area contributed by atoms with Gasteiger partial charge in [0.05, 0.1) is 22.2 Å². The van der Waals surface area contributed by atoms with Gasteiger partial charge in [-0.3, -0.25) is 0 Å². The minimum atomic E-state index is -4.52. The molecule has 0 radical (unpaired) electrons. The second-order valence-electron chi connectivity index (χ2n) is 5.79. The molecule has 4 nitrogen and oxygen atoms in total. The first kappa shape index (κ1) is 20.2. The Labute approximate surface area is 167 Å². The maximum atomic E-state index is 13.1. The quantitative estimate of drug-likeness (QED) is 0.588. The lowest BCUT2D eigenvalue weighted by molar-refractivity contribution is -0.255. The minimum absolute atomic E-state index is 0.0142. The number of hydrogen-bond acceptors (Lipinski definition) is 5. The maximum Gasteiger partial charge on any atom is 0.416 e. The predicted octanol–water partition coefficient (Wildman–Crippen LogP) is 4.35. The number of carbonyl (C=O) groups excluding carboxylic acids is 1. The number of alkyl halides is 3. The van der Waals surface area contributed by atoms with Gasteiger partial charge in [0.2, 0.25) is 0 Å². The summed E-state index contributed by atoms with van der Waals surface area (Å²) in [6.45, 7) is 0.0696. The summed E-state index contributed by atoms with van der Waals surface area (Å²) in [7, 11) is 0. The van der Waals surface area contributed by atoms with Crippen LogP contribution in [-0.4, -0.2) is 11.0 Å². The average molecular weight is 427 g/mol. The summed E-state index contributed by atoms with van der Waals surface area (Å²) in [5.74, 6) is -1.21. The Hall–Kier alpha value is -2.58. The van der Waals surface area contributed by atoms with Crippen LogP contribution in [0.5, 0.6) is 5.75 Å². The topological polar surface area (TPSA) is 62.2 Å². The zero-order valence-corrected chi connectivity index (χ0v) is 15.7. The normalized spacial score (nSPS) is 11.4. The third kappa shape index (κ3) is 4.82. The molecular weight excluding hydrogens is 415 g/mol. The number of carbonyl (C=O) groups is 1. The number of carboxylic acids is 1. The molecule has 1 aromatic heterocycles. The molecular formula is C19H12ClF3NO3S-. The predicted molar refractivity (Wildman–Crippen MR) is 96.5 cm³/mol. The molecule has 146 valence electrons. The Morgan fingerprint density at radius 1 is 1.18 bits per heavy atom. The molecule has 0 saturated heterocycles. The van der Waals surface area contributed by atoms with Crippen molar-refractivity contribution in [2.45, 2.75) is 19.2 Å². The van der Waals surface area contributed by atoms with E-state index in [1.54, 1.807) is 24.3 Å². The van der Waals surface area contributed by atoms with Crippen molar-refractivity contribution < 1.29 is 27.8 Å². The van der Waals surface area contributed by atoms with Gasteiger partial charge in [0, 0.05) is 28.0 Å². The van der Waals surface area contributed by atoms with E-state index < -0.39 is 17.7 Å². The van der Waals surface area contributed by atoms with E-state index in [1.807, 2.05) is 0 Å². The first-order chi connectivity index (χ1) is 13.2. The van der Waals surface area contributed by atoms with Gasteiger partial charge in [-0.2, -0.15) is 13.2 Å². The van der Waals surface area contributed by atoms with E-state index in [-0.39, 0.29) is 30.0 Å². The van der Waals surface area contributed by atoms with Crippen LogP contribution >= 0.6 is 22.9 Å². The molecule has 0 amide bonds. The fourth-order valence-corrected chi connectivity index (χ4v) is 3.43. The van der Waals surface area contributed by atoms with Gasteiger partial charge < -0.3 is 14.6 Å². The van der Waals surface area contributed by atoms with Crippen LogP contribution in [0.15, 0.2) is 47.8 Å². The number of ether oxygens (including phenoxy) is 1. The van der Waals surface area contributed by atoms with E-state index in [1.165, 1.54) is 11.4 Å². The number of halogens is 4. The number of aromatic carboxylic acids is 1. The fraction of sp³-hybridized carbons (Fsp3) is 0.158. The molecule has 3 aromatic rings. The summed E-state index contributed by atoms with van der Waals surface area (Å²) in [4.78, 5) is 14.7. The molecule has 0 aliphatic carbocycles. The van der Waals surface area contributed by atoms with Gasteiger partial charge in [0.1, 0.15) is 12.4 Å². The highest BCUT2D eigenvalue weighted by atomic mass is 35.5. The lowest BCUT2D eigenvalue weighted by atomic mass is 10.1. The van der Waals surface area contributed by atoms with E-state index >= 15 is 0 Å². The molecule has 0 bridgehead atoms. The lowest BCUT2D eigenvalue weighted by Gasteiger charge is -2.14. The molecule has 2 aromatic carbocycles. The molecule has 0 aliphatic heterocycles. The number of nitrogens with zero attached hydrogens (tertiary/aromatic N) is 1. The van der Waals surface area contributed by atoms with E-state index in [0.29, 0.717) is 15.6 Å². The summed E-state index contributed by atoms with van der Waals surface area (Å²) in [5, 5.41) is 13.0. The second-order valence-corrected chi connectivity index (χ2v) is 7.14. The maximum absolute atomic E-state index is 13.1. The molecule has 0 fully saturated rings. The third-order valence-electron chi connectivity index (χ3n) is 3.83. The number of thiazole rings is 1. The van der Waals surface area contributed by atoms with Crippen LogP contribution in [0.25, 0.3) is 0 Å². The summed E-state index contributed by atoms with van der Waals surface area (Å²) in [6.07, 6.45) is -4.53. The van der Waals surface area contributed by atoms with Gasteiger partial charge in [-0.25, -0.2) is 4.98 Å². The molecule has 0 saturated carbocycles. The van der Waals surface area contributed by atoms with Crippen LogP contribution in [-0.2, 0) is 19.2 Å². The SMILES string of the molecule is O=C([O-])c1csc(Cc2cc(C(F)(F)F)ccc2OCc2ccccc2Cl)n1. The Bertz CT molecular complexity index is 1000. The van der Waals surface area contributed by atoms with Gasteiger partial charge in [-0.1, -0.05) is 29.8 Å². The monoisotopic (exact) mass is 426 g/mol. The van der Waals surface area contributed by atoms with E-state index in [2.05, 4.69) is 4.98 Å². The summed E-state index contributed by atoms with van der Waals surface area (Å²) < 4.78 is 45.0. The van der Waals surface area contributed by atoms with E-state index in [4.69, 9.17) is 16.3 Å². The molecule has 28 heavy (non-hydrogen) atoms. The zero-order valence-electron chi connectivity index (χ0n) is 14.1. The Morgan fingerprint density at radius 3 is 2.57 bits per heavy atom. The summed E-state index contributed by atoms with van der Waals surface area (Å²) >= 11 is 7.10. The van der Waals surface area contributed by atoms with Crippen molar-refractivity contribution >= 4 is 28.9 Å². The van der Waals surface area contributed by atoms with Gasteiger partial charge >= 0.3 is 6.18 Å². The highest BCUT2D eigenvalue weighted by Crippen LogP contribution is 2.34. The van der Waals surface area contributed by atoms with Crippen molar-refractivity contribution in [3.05, 3.63) is 80.3 Å². The van der Waals surface area contributed by atoms with Gasteiger partial charge in [0.15, 0.2) is 0 Å². The zero-order chi connectivity index (χ0) is 20.3. The molecule has 0 spiro atoms. The highest BCUT2D eigenvalue weighted by Gasteiger charge is 2.31. The van der Waals surface area contributed by atoms with Crippen LogP contribution in [0.1, 0.15) is 32.2 Å². The van der Waals surface area contributed by atoms with Gasteiger partial charge in [-0.15, -0.1) is 11.3 Å². The number of aromatic nitrogens is 1. The number of rotatable bonds is 6. The molecule has 0 unspecified atom stereocenters. The Kier molecular flexibility index (Phi) is 5.90. The van der Waals surface area contributed by atoms with Crippen LogP contribution in [0.2, 0.25) is 5.02 Å². The average Bonchev–Trinajstić information content (AvgIpc) is 3.10. The third-order valence-corrected chi connectivity index (χ3v) is 5.05. The van der Waals surface area contributed by atoms with E-state index in [9.17, 15) is 23.1 Å². The largest absolute Gasteiger partial charge is 0.543 e. The number of benzene rings is 2. The van der Waals surface area contributed by atoms with Crippen molar-refractivity contribution in [1.82, 2.24) is 4.98 Å². The molecule has 0 aliphatic rings. The fourth-order valence-electron chi connectivity index (χ4n) is 2.45. The van der Waals surface area contributed by atoms with Crippen molar-refractivity contribution in [2.75, 3.05) is 0 Å². The molecule has 0 atom stereocenters. The van der Waals surface area contributed by atoms with Crippen molar-refractivity contribution in [2.24, 2.45) is 0 Å². The van der Waals surface area contributed by atoms with Crippen LogP contribution in [0, 0.1) is 0 Å². The van der Waals surface area contributed by atoms with Crippen molar-refractivity contribution in [3.63, 3.8) is 0 Å². The lowest BCUT2D eigenvalue weighted by Crippen LogP contribution is -2.22. The summed E-state index contributed by atoms with van der Waals surface area (Å²) in [6, 6.07) is 10.1. The standard InChI is InChI=1S/C19H13ClF3NO3S/c20-14-4-2-1-3-11(14)9-27-16-6-5-13(19(21,22)23)7-12(16)8-17-24-15(10-28-17)18(25)26/h1-7,10H,8-9H2,(H,25,26)/p-1. The molecule has 1 heterocycles. The van der Waals surface area contributed by atoms with E-state index in [0.717, 1.165) is 23.5 Å². The first-order valence-electron chi connectivity index (χ1n) is 7.96. The van der Waals surface area contributed by atoms with Crippen molar-refractivity contribution in [3.8, 4) is 5.75 Å². The first-order valence-corrected chi connectivity index (χ1v) is 9.22. The summed E-state index contributed by atoms with van der Waals surface area (Å²) in [5.41, 5.74) is -0.167. The number of carboxylic acid groups (broad SMARTS) is 1. The molecule has 3 rings (SSSR count). The highest BCUT2D eigenvalue weighted by molar-refractivity contribution is 7.09. The second kappa shape index (κ2) is 8.20. The molecule has 9 heteroatoms. The van der Waals surface area contributed by atoms with Crippen LogP contribution in [0.4, 0.5) is 13.2 Å². The Morgan fingerprint density at radius 2 is 1.93 bits per heavy atom. The smallest absolute Gasteiger partial charge is 0.416 e. The molecule has 0 N–H and O–H groups in total.